The van der Waals surface area contributed by atoms with Gasteiger partial charge in [0.2, 0.25) is 18.6 Å². The van der Waals surface area contributed by atoms with E-state index in [-0.39, 0.29) is 12.7 Å². The summed E-state index contributed by atoms with van der Waals surface area (Å²) in [6.45, 7) is 3.00. The number of ether oxygens (including phenoxy) is 2. The van der Waals surface area contributed by atoms with E-state index in [0.29, 0.717) is 26.2 Å². The van der Waals surface area contributed by atoms with Crippen molar-refractivity contribution in [2.75, 3.05) is 39.6 Å². The van der Waals surface area contributed by atoms with Crippen LogP contribution in [0.5, 0.6) is 11.5 Å². The summed E-state index contributed by atoms with van der Waals surface area (Å²) < 4.78 is 10.8. The summed E-state index contributed by atoms with van der Waals surface area (Å²) in [6.07, 6.45) is 4.91. The molecule has 3 heterocycles. The van der Waals surface area contributed by atoms with Gasteiger partial charge in [-0.2, -0.15) is 0 Å². The molecule has 3 N–H and O–H groups in total. The number of hydrogen-bond donors (Lipinski definition) is 3. The number of rotatable bonds is 7. The van der Waals surface area contributed by atoms with E-state index >= 15 is 0 Å². The van der Waals surface area contributed by atoms with Gasteiger partial charge in [-0.15, -0.1) is 0 Å². The lowest BCUT2D eigenvalue weighted by molar-refractivity contribution is -0.138. The minimum Gasteiger partial charge on any atom is -0.454 e. The molecule has 182 valence electrons. The number of piperazine rings is 1. The molecule has 3 aromatic rings. The van der Waals surface area contributed by atoms with Crippen molar-refractivity contribution in [2.45, 2.75) is 12.6 Å². The van der Waals surface area contributed by atoms with Crippen molar-refractivity contribution in [3.05, 3.63) is 65.9 Å². The van der Waals surface area contributed by atoms with Crippen LogP contribution in [0.15, 0.2) is 54.7 Å². The van der Waals surface area contributed by atoms with Gasteiger partial charge in [0.1, 0.15) is 6.04 Å². The largest absolute Gasteiger partial charge is 0.454 e. The van der Waals surface area contributed by atoms with E-state index in [9.17, 15) is 14.7 Å². The molecule has 2 aliphatic rings. The number of para-hydroxylation sites is 1. The van der Waals surface area contributed by atoms with Crippen molar-refractivity contribution < 1.29 is 24.2 Å². The average molecular weight is 477 g/mol. The molecule has 1 fully saturated rings. The maximum Gasteiger partial charge on any atom is 0.247 e. The Hall–Kier alpha value is -3.82. The number of aliphatic hydroxyl groups is 1. The predicted octanol–water partition coefficient (Wildman–Crippen LogP) is 1.73. The van der Waals surface area contributed by atoms with Gasteiger partial charge in [0.15, 0.2) is 11.5 Å². The van der Waals surface area contributed by atoms with E-state index in [4.69, 9.17) is 9.47 Å². The molecular formula is C26H28N4O5. The van der Waals surface area contributed by atoms with Crippen molar-refractivity contribution in [1.82, 2.24) is 20.1 Å². The third-order valence-electron chi connectivity index (χ3n) is 6.36. The molecule has 0 spiro atoms. The number of amides is 2. The van der Waals surface area contributed by atoms with Gasteiger partial charge in [-0.1, -0.05) is 24.3 Å². The summed E-state index contributed by atoms with van der Waals surface area (Å²) in [5.74, 6) is 0.822. The molecular weight excluding hydrogens is 448 g/mol. The summed E-state index contributed by atoms with van der Waals surface area (Å²) >= 11 is 0. The zero-order valence-corrected chi connectivity index (χ0v) is 19.3. The first kappa shape index (κ1) is 22.9. The van der Waals surface area contributed by atoms with Gasteiger partial charge < -0.3 is 29.8 Å². The van der Waals surface area contributed by atoms with E-state index in [1.54, 1.807) is 11.0 Å². The maximum atomic E-state index is 12.9. The normalized spacial score (nSPS) is 16.7. The van der Waals surface area contributed by atoms with Crippen LogP contribution in [0.3, 0.4) is 0 Å². The lowest BCUT2D eigenvalue weighted by Crippen LogP contribution is -2.55. The van der Waals surface area contributed by atoms with Gasteiger partial charge in [0.05, 0.1) is 6.61 Å². The maximum absolute atomic E-state index is 12.9. The highest BCUT2D eigenvalue weighted by atomic mass is 16.7. The average Bonchev–Trinajstić information content (AvgIpc) is 3.53. The summed E-state index contributed by atoms with van der Waals surface area (Å²) in [5, 5.41) is 13.4. The third-order valence-corrected chi connectivity index (χ3v) is 6.36. The van der Waals surface area contributed by atoms with Crippen molar-refractivity contribution >= 4 is 28.8 Å². The second kappa shape index (κ2) is 10.2. The van der Waals surface area contributed by atoms with E-state index in [0.717, 1.165) is 40.1 Å². The molecule has 9 nitrogen and oxygen atoms in total. The van der Waals surface area contributed by atoms with Crippen LogP contribution in [-0.4, -0.2) is 77.3 Å². The van der Waals surface area contributed by atoms with E-state index < -0.39 is 18.6 Å². The van der Waals surface area contributed by atoms with Gasteiger partial charge >= 0.3 is 0 Å². The van der Waals surface area contributed by atoms with Crippen LogP contribution in [0.25, 0.3) is 17.0 Å². The molecule has 2 aliphatic heterocycles. The molecule has 0 aliphatic carbocycles. The highest BCUT2D eigenvalue weighted by Crippen LogP contribution is 2.32. The second-order valence-corrected chi connectivity index (χ2v) is 8.66. The Labute approximate surface area is 202 Å². The number of H-pyrrole nitrogens is 1. The first-order chi connectivity index (χ1) is 17.1. The summed E-state index contributed by atoms with van der Waals surface area (Å²) in [7, 11) is 0. The number of carbonyl (C=O) groups is 2. The Balaban J connectivity index is 1.12. The van der Waals surface area contributed by atoms with Crippen LogP contribution in [0, 0.1) is 0 Å². The molecule has 1 aromatic heterocycles. The highest BCUT2D eigenvalue weighted by molar-refractivity contribution is 5.98. The molecule has 0 saturated carbocycles. The Morgan fingerprint density at radius 1 is 1.09 bits per heavy atom. The van der Waals surface area contributed by atoms with Gasteiger partial charge in [-0.25, -0.2) is 0 Å². The topological polar surface area (TPSA) is 107 Å². The first-order valence-corrected chi connectivity index (χ1v) is 11.7. The Kier molecular flexibility index (Phi) is 6.69. The molecule has 1 unspecified atom stereocenters. The van der Waals surface area contributed by atoms with Crippen molar-refractivity contribution in [1.29, 1.82) is 0 Å². The van der Waals surface area contributed by atoms with E-state index in [1.807, 2.05) is 48.7 Å². The van der Waals surface area contributed by atoms with Crippen LogP contribution >= 0.6 is 0 Å². The van der Waals surface area contributed by atoms with Gasteiger partial charge in [-0.05, 0) is 35.4 Å². The molecule has 5 rings (SSSR count). The molecule has 2 aromatic carbocycles. The number of fused-ring (bicyclic) bond motifs is 2. The van der Waals surface area contributed by atoms with Gasteiger partial charge in [0, 0.05) is 55.9 Å². The lowest BCUT2D eigenvalue weighted by Gasteiger charge is -2.36. The standard InChI is InChI=1S/C26H28N4O5/c31-16-22(28-25(32)8-6-19-14-27-21-4-2-1-3-20(19)21)26(33)30-11-9-29(10-12-30)15-18-5-7-23-24(13-18)35-17-34-23/h1-8,13-14,22,27,31H,9-12,15-17H2,(H,28,32). The molecule has 9 heteroatoms. The molecule has 0 radical (unpaired) electrons. The van der Waals surface area contributed by atoms with E-state index in [2.05, 4.69) is 15.2 Å². The van der Waals surface area contributed by atoms with Crippen molar-refractivity contribution in [3.8, 4) is 11.5 Å². The fourth-order valence-electron chi connectivity index (χ4n) is 4.45. The number of aromatic nitrogens is 1. The Morgan fingerprint density at radius 2 is 1.89 bits per heavy atom. The highest BCUT2D eigenvalue weighted by Gasteiger charge is 2.28. The van der Waals surface area contributed by atoms with Crippen LogP contribution in [0.2, 0.25) is 0 Å². The second-order valence-electron chi connectivity index (χ2n) is 8.66. The predicted molar refractivity (Wildman–Crippen MR) is 131 cm³/mol. The number of nitrogens with one attached hydrogen (secondary N) is 2. The zero-order chi connectivity index (χ0) is 24.2. The summed E-state index contributed by atoms with van der Waals surface area (Å²) in [4.78, 5) is 32.5. The smallest absolute Gasteiger partial charge is 0.247 e. The molecule has 2 amide bonds. The fourth-order valence-corrected chi connectivity index (χ4v) is 4.45. The lowest BCUT2D eigenvalue weighted by atomic mass is 10.1. The van der Waals surface area contributed by atoms with Gasteiger partial charge in [-0.3, -0.25) is 14.5 Å². The Morgan fingerprint density at radius 3 is 2.71 bits per heavy atom. The molecule has 1 saturated heterocycles. The summed E-state index contributed by atoms with van der Waals surface area (Å²) in [5.41, 5.74) is 2.98. The molecule has 35 heavy (non-hydrogen) atoms. The summed E-state index contributed by atoms with van der Waals surface area (Å²) in [6, 6.07) is 12.7. The van der Waals surface area contributed by atoms with Crippen LogP contribution in [0.4, 0.5) is 0 Å². The van der Waals surface area contributed by atoms with Crippen molar-refractivity contribution in [3.63, 3.8) is 0 Å². The van der Waals surface area contributed by atoms with Crippen LogP contribution < -0.4 is 14.8 Å². The van der Waals surface area contributed by atoms with Crippen LogP contribution in [0.1, 0.15) is 11.1 Å². The minimum atomic E-state index is -0.976. The Bertz CT molecular complexity index is 1250. The van der Waals surface area contributed by atoms with Crippen LogP contribution in [-0.2, 0) is 16.1 Å². The number of nitrogens with zero attached hydrogens (tertiary/aromatic N) is 2. The number of aliphatic hydroxyl groups excluding tert-OH is 1. The SMILES string of the molecule is O=C(C=Cc1c[nH]c2ccccc12)NC(CO)C(=O)N1CCN(Cc2ccc3c(c2)OCO3)CC1. The van der Waals surface area contributed by atoms with Crippen molar-refractivity contribution in [2.24, 2.45) is 0 Å². The molecule has 1 atom stereocenters. The van der Waals surface area contributed by atoms with Gasteiger partial charge in [0.25, 0.3) is 0 Å². The quantitative estimate of drug-likeness (QED) is 0.449. The number of hydrogen-bond acceptors (Lipinski definition) is 6. The first-order valence-electron chi connectivity index (χ1n) is 11.7. The minimum absolute atomic E-state index is 0.251. The zero-order valence-electron chi connectivity index (χ0n) is 19.3. The third kappa shape index (κ3) is 5.16. The van der Waals surface area contributed by atoms with E-state index in [1.165, 1.54) is 6.08 Å². The number of benzene rings is 2. The molecule has 0 bridgehead atoms. The monoisotopic (exact) mass is 476 g/mol. The fraction of sp³-hybridized carbons (Fsp3) is 0.308. The number of carbonyl (C=O) groups excluding carboxylic acids is 2. The number of aromatic amines is 1.